The molecule has 0 aromatic carbocycles. The van der Waals surface area contributed by atoms with Crippen LogP contribution in [0, 0.1) is 0 Å². The molecule has 0 unspecified atom stereocenters. The Balaban J connectivity index is 2.09. The molecule has 1 aromatic rings. The molecule has 1 atom stereocenters. The van der Waals surface area contributed by atoms with Gasteiger partial charge in [0.1, 0.15) is 6.54 Å². The first-order valence-corrected chi connectivity index (χ1v) is 6.78. The molecule has 0 radical (unpaired) electrons. The number of hydrogen-bond donors (Lipinski definition) is 1. The van der Waals surface area contributed by atoms with Crippen LogP contribution in [0.2, 0.25) is 0 Å². The number of hydrogen-bond acceptors (Lipinski definition) is 5. The Hall–Kier alpha value is -2.48. The first-order chi connectivity index (χ1) is 10.5. The molecule has 22 heavy (non-hydrogen) atoms. The molecule has 1 aliphatic rings. The monoisotopic (exact) mass is 306 g/mol. The molecule has 1 aromatic heterocycles. The number of nitrogens with zero attached hydrogens (tertiary/aromatic N) is 3. The molecule has 1 fully saturated rings. The van der Waals surface area contributed by atoms with Crippen molar-refractivity contribution in [1.82, 2.24) is 20.1 Å². The largest absolute Gasteiger partial charge is 0.382 e. The number of imide groups is 1. The second-order valence-corrected chi connectivity index (χ2v) is 4.87. The Labute approximate surface area is 128 Å². The van der Waals surface area contributed by atoms with Crippen LogP contribution < -0.4 is 5.32 Å². The summed E-state index contributed by atoms with van der Waals surface area (Å²) in [5, 5.41) is 2.38. The van der Waals surface area contributed by atoms with Crippen LogP contribution in [-0.4, -0.2) is 66.5 Å². The van der Waals surface area contributed by atoms with Crippen LogP contribution in [0.25, 0.3) is 0 Å². The number of nitrogens with one attached hydrogen (secondary N) is 1. The lowest BCUT2D eigenvalue weighted by Crippen LogP contribution is -2.43. The summed E-state index contributed by atoms with van der Waals surface area (Å²) < 4.78 is 5.15. The van der Waals surface area contributed by atoms with Crippen molar-refractivity contribution in [3.8, 4) is 0 Å². The summed E-state index contributed by atoms with van der Waals surface area (Å²) in [7, 11) is 3.13. The molecule has 0 aliphatic carbocycles. The number of aromatic nitrogens is 1. The number of carbonyl (C=O) groups excluding carboxylic acids is 3. The molecule has 8 nitrogen and oxygen atoms in total. The number of amides is 4. The zero-order valence-electron chi connectivity index (χ0n) is 12.5. The third-order valence-corrected chi connectivity index (χ3v) is 3.45. The fraction of sp³-hybridized carbons (Fsp3) is 0.429. The Bertz CT molecular complexity index is 547. The van der Waals surface area contributed by atoms with Crippen LogP contribution >= 0.6 is 0 Å². The first-order valence-electron chi connectivity index (χ1n) is 6.78. The fourth-order valence-electron chi connectivity index (χ4n) is 2.16. The molecule has 1 N–H and O–H groups in total. The van der Waals surface area contributed by atoms with Crippen molar-refractivity contribution in [1.29, 1.82) is 0 Å². The van der Waals surface area contributed by atoms with E-state index >= 15 is 0 Å². The van der Waals surface area contributed by atoms with Gasteiger partial charge in [0.05, 0.1) is 24.9 Å². The Kier molecular flexibility index (Phi) is 5.05. The molecule has 8 heteroatoms. The number of rotatable bonds is 6. The predicted molar refractivity (Wildman–Crippen MR) is 76.7 cm³/mol. The van der Waals surface area contributed by atoms with Gasteiger partial charge in [-0.05, 0) is 12.1 Å². The lowest BCUT2D eigenvalue weighted by Gasteiger charge is -2.28. The predicted octanol–water partition coefficient (Wildman–Crippen LogP) is -0.221. The van der Waals surface area contributed by atoms with Gasteiger partial charge in [-0.25, -0.2) is 4.79 Å². The minimum absolute atomic E-state index is 0.0719. The average Bonchev–Trinajstić information content (AvgIpc) is 2.84. The van der Waals surface area contributed by atoms with Crippen LogP contribution in [-0.2, 0) is 14.3 Å². The third kappa shape index (κ3) is 3.40. The van der Waals surface area contributed by atoms with Crippen molar-refractivity contribution in [2.45, 2.75) is 6.04 Å². The molecule has 4 amide bonds. The Morgan fingerprint density at radius 1 is 1.50 bits per heavy atom. The number of methoxy groups -OCH3 is 1. The van der Waals surface area contributed by atoms with E-state index in [1.54, 1.807) is 25.4 Å². The highest BCUT2D eigenvalue weighted by atomic mass is 16.5. The van der Waals surface area contributed by atoms with Gasteiger partial charge in [-0.2, -0.15) is 0 Å². The standard InChI is InChI=1S/C14H18N4O4/c1-17(11(9-22-2)10-5-3-4-6-15-10)13(20)8-18-12(19)7-16-14(18)21/h3-6,11H,7-9H2,1-2H3,(H,16,21)/t11-/m0/s1. The van der Waals surface area contributed by atoms with E-state index in [0.717, 1.165) is 4.90 Å². The second-order valence-electron chi connectivity index (χ2n) is 4.87. The lowest BCUT2D eigenvalue weighted by molar-refractivity contribution is -0.138. The van der Waals surface area contributed by atoms with Gasteiger partial charge in [-0.3, -0.25) is 19.5 Å². The fourth-order valence-corrected chi connectivity index (χ4v) is 2.16. The molecule has 2 rings (SSSR count). The van der Waals surface area contributed by atoms with E-state index in [2.05, 4.69) is 10.3 Å². The second kappa shape index (κ2) is 6.99. The molecular weight excluding hydrogens is 288 g/mol. The van der Waals surface area contributed by atoms with Gasteiger partial charge in [0.25, 0.3) is 5.91 Å². The normalized spacial score (nSPS) is 15.6. The van der Waals surface area contributed by atoms with Crippen LogP contribution in [0.3, 0.4) is 0 Å². The van der Waals surface area contributed by atoms with Gasteiger partial charge < -0.3 is 15.0 Å². The maximum absolute atomic E-state index is 12.3. The summed E-state index contributed by atoms with van der Waals surface area (Å²) in [6, 6.07) is 4.46. The van der Waals surface area contributed by atoms with Gasteiger partial charge in [0, 0.05) is 20.4 Å². The highest BCUT2D eigenvalue weighted by Crippen LogP contribution is 2.18. The summed E-state index contributed by atoms with van der Waals surface area (Å²) in [4.78, 5) is 42.0. The van der Waals surface area contributed by atoms with Crippen molar-refractivity contribution in [3.63, 3.8) is 0 Å². The molecule has 0 spiro atoms. The van der Waals surface area contributed by atoms with Gasteiger partial charge >= 0.3 is 6.03 Å². The summed E-state index contributed by atoms with van der Waals surface area (Å²) in [6.45, 7) is -0.106. The zero-order chi connectivity index (χ0) is 16.1. The minimum atomic E-state index is -0.548. The van der Waals surface area contributed by atoms with E-state index in [0.29, 0.717) is 5.69 Å². The number of urea groups is 1. The molecule has 1 saturated heterocycles. The molecular formula is C14H18N4O4. The van der Waals surface area contributed by atoms with Crippen LogP contribution in [0.4, 0.5) is 4.79 Å². The molecule has 0 bridgehead atoms. The zero-order valence-corrected chi connectivity index (χ0v) is 12.5. The van der Waals surface area contributed by atoms with Crippen molar-refractivity contribution in [2.24, 2.45) is 0 Å². The smallest absolute Gasteiger partial charge is 0.325 e. The minimum Gasteiger partial charge on any atom is -0.382 e. The molecule has 2 heterocycles. The van der Waals surface area contributed by atoms with Crippen LogP contribution in [0.5, 0.6) is 0 Å². The molecule has 0 saturated carbocycles. The van der Waals surface area contributed by atoms with Crippen LogP contribution in [0.15, 0.2) is 24.4 Å². The number of likely N-dealkylation sites (N-methyl/N-ethyl adjacent to an activating group) is 1. The van der Waals surface area contributed by atoms with Gasteiger partial charge in [0.15, 0.2) is 0 Å². The quantitative estimate of drug-likeness (QED) is 0.734. The Morgan fingerprint density at radius 2 is 2.27 bits per heavy atom. The van der Waals surface area contributed by atoms with Gasteiger partial charge in [-0.1, -0.05) is 6.07 Å². The van der Waals surface area contributed by atoms with E-state index in [1.165, 1.54) is 12.0 Å². The van der Waals surface area contributed by atoms with Crippen molar-refractivity contribution in [3.05, 3.63) is 30.1 Å². The SMILES string of the molecule is COC[C@@H](c1ccccn1)N(C)C(=O)CN1C(=O)CNC1=O. The first kappa shape index (κ1) is 15.9. The van der Waals surface area contributed by atoms with E-state index in [-0.39, 0.29) is 31.6 Å². The summed E-state index contributed by atoms with van der Waals surface area (Å²) in [5.41, 5.74) is 0.678. The molecule has 118 valence electrons. The number of ether oxygens (including phenoxy) is 1. The van der Waals surface area contributed by atoms with E-state index in [4.69, 9.17) is 4.74 Å². The lowest BCUT2D eigenvalue weighted by atomic mass is 10.1. The summed E-state index contributed by atoms with van der Waals surface area (Å²) in [5.74, 6) is -0.772. The number of pyridine rings is 1. The summed E-state index contributed by atoms with van der Waals surface area (Å²) in [6.07, 6.45) is 1.63. The third-order valence-electron chi connectivity index (χ3n) is 3.45. The van der Waals surface area contributed by atoms with Gasteiger partial charge in [0.2, 0.25) is 5.91 Å². The van der Waals surface area contributed by atoms with E-state index in [1.807, 2.05) is 6.07 Å². The van der Waals surface area contributed by atoms with E-state index < -0.39 is 11.9 Å². The van der Waals surface area contributed by atoms with Crippen molar-refractivity contribution in [2.75, 3.05) is 33.9 Å². The maximum Gasteiger partial charge on any atom is 0.325 e. The topological polar surface area (TPSA) is 91.8 Å². The highest BCUT2D eigenvalue weighted by Gasteiger charge is 2.32. The average molecular weight is 306 g/mol. The van der Waals surface area contributed by atoms with Crippen LogP contribution in [0.1, 0.15) is 11.7 Å². The van der Waals surface area contributed by atoms with Crippen molar-refractivity contribution < 1.29 is 19.1 Å². The van der Waals surface area contributed by atoms with Gasteiger partial charge in [-0.15, -0.1) is 0 Å². The highest BCUT2D eigenvalue weighted by molar-refractivity contribution is 6.04. The maximum atomic E-state index is 12.3. The molecule has 1 aliphatic heterocycles. The summed E-state index contributed by atoms with van der Waals surface area (Å²) >= 11 is 0. The number of carbonyl (C=O) groups is 3. The van der Waals surface area contributed by atoms with Crippen molar-refractivity contribution >= 4 is 17.8 Å². The van der Waals surface area contributed by atoms with E-state index in [9.17, 15) is 14.4 Å². The Morgan fingerprint density at radius 3 is 2.82 bits per heavy atom.